The fraction of sp³-hybridized carbons (Fsp3) is 1.00. The molecule has 0 aromatic carbocycles. The normalized spacial score (nSPS) is 15.7. The number of rotatable bonds is 8. The third kappa shape index (κ3) is 6.02. The standard InChI is InChI=1S/C10H25N3/c1-2-5-10(13,7-9-12)6-3-4-8-11/h2-9,11-13H2,1H3. The van der Waals surface area contributed by atoms with Crippen LogP contribution in [0.1, 0.15) is 45.4 Å². The van der Waals surface area contributed by atoms with Gasteiger partial charge in [-0.15, -0.1) is 0 Å². The summed E-state index contributed by atoms with van der Waals surface area (Å²) in [7, 11) is 0. The molecule has 0 amide bonds. The highest BCUT2D eigenvalue weighted by Crippen LogP contribution is 2.20. The molecule has 0 aliphatic carbocycles. The average Bonchev–Trinajstić information content (AvgIpc) is 2.05. The summed E-state index contributed by atoms with van der Waals surface area (Å²) in [5.74, 6) is 0. The minimum atomic E-state index is -0.0291. The van der Waals surface area contributed by atoms with Crippen molar-refractivity contribution in [2.45, 2.75) is 51.0 Å². The second-order valence-electron chi connectivity index (χ2n) is 3.90. The summed E-state index contributed by atoms with van der Waals surface area (Å²) in [4.78, 5) is 0. The Hall–Kier alpha value is -0.120. The van der Waals surface area contributed by atoms with Crippen molar-refractivity contribution in [2.24, 2.45) is 17.2 Å². The van der Waals surface area contributed by atoms with E-state index in [1.807, 2.05) is 0 Å². The van der Waals surface area contributed by atoms with Crippen LogP contribution in [0, 0.1) is 0 Å². The minimum absolute atomic E-state index is 0.0291. The average molecular weight is 187 g/mol. The van der Waals surface area contributed by atoms with Gasteiger partial charge in [0.05, 0.1) is 0 Å². The number of unbranched alkanes of at least 4 members (excludes halogenated alkanes) is 1. The zero-order valence-corrected chi connectivity index (χ0v) is 8.89. The maximum Gasteiger partial charge on any atom is 0.0166 e. The quantitative estimate of drug-likeness (QED) is 0.495. The molecule has 13 heavy (non-hydrogen) atoms. The maximum absolute atomic E-state index is 6.24. The molecular formula is C10H25N3. The predicted molar refractivity (Wildman–Crippen MR) is 58.4 cm³/mol. The van der Waals surface area contributed by atoms with E-state index in [1.54, 1.807) is 0 Å². The van der Waals surface area contributed by atoms with E-state index in [9.17, 15) is 0 Å². The number of hydrogen-bond acceptors (Lipinski definition) is 3. The lowest BCUT2D eigenvalue weighted by atomic mass is 9.86. The molecule has 3 nitrogen and oxygen atoms in total. The molecule has 0 saturated heterocycles. The van der Waals surface area contributed by atoms with Gasteiger partial charge in [-0.3, -0.25) is 0 Å². The molecule has 80 valence electrons. The van der Waals surface area contributed by atoms with E-state index in [4.69, 9.17) is 17.2 Å². The van der Waals surface area contributed by atoms with E-state index in [0.717, 1.165) is 45.1 Å². The topological polar surface area (TPSA) is 78.1 Å². The van der Waals surface area contributed by atoms with Gasteiger partial charge in [-0.05, 0) is 38.8 Å². The van der Waals surface area contributed by atoms with Gasteiger partial charge in [0.1, 0.15) is 0 Å². The molecule has 0 aliphatic heterocycles. The molecule has 6 N–H and O–H groups in total. The summed E-state index contributed by atoms with van der Waals surface area (Å²) in [6.07, 6.45) is 6.43. The van der Waals surface area contributed by atoms with Crippen LogP contribution < -0.4 is 17.2 Å². The summed E-state index contributed by atoms with van der Waals surface area (Å²) < 4.78 is 0. The Morgan fingerprint density at radius 3 is 2.08 bits per heavy atom. The van der Waals surface area contributed by atoms with Crippen molar-refractivity contribution in [3.63, 3.8) is 0 Å². The molecule has 0 rings (SSSR count). The summed E-state index contributed by atoms with van der Waals surface area (Å²) in [5, 5.41) is 0. The van der Waals surface area contributed by atoms with E-state index < -0.39 is 0 Å². The van der Waals surface area contributed by atoms with E-state index in [0.29, 0.717) is 6.54 Å². The Morgan fingerprint density at radius 1 is 0.923 bits per heavy atom. The first-order valence-corrected chi connectivity index (χ1v) is 5.37. The predicted octanol–water partition coefficient (Wildman–Crippen LogP) is 0.962. The van der Waals surface area contributed by atoms with Crippen LogP contribution in [0.2, 0.25) is 0 Å². The van der Waals surface area contributed by atoms with E-state index >= 15 is 0 Å². The van der Waals surface area contributed by atoms with Gasteiger partial charge in [-0.25, -0.2) is 0 Å². The molecule has 0 saturated carbocycles. The summed E-state index contributed by atoms with van der Waals surface area (Å²) in [6, 6.07) is 0. The van der Waals surface area contributed by atoms with Crippen molar-refractivity contribution < 1.29 is 0 Å². The first-order chi connectivity index (χ1) is 6.18. The lowest BCUT2D eigenvalue weighted by Gasteiger charge is -2.28. The van der Waals surface area contributed by atoms with E-state index in [-0.39, 0.29) is 5.54 Å². The molecule has 0 aromatic rings. The maximum atomic E-state index is 6.24. The van der Waals surface area contributed by atoms with Crippen molar-refractivity contribution in [2.75, 3.05) is 13.1 Å². The van der Waals surface area contributed by atoms with Gasteiger partial charge < -0.3 is 17.2 Å². The van der Waals surface area contributed by atoms with Crippen molar-refractivity contribution in [1.29, 1.82) is 0 Å². The fourth-order valence-corrected chi connectivity index (χ4v) is 1.78. The molecule has 0 fully saturated rings. The van der Waals surface area contributed by atoms with Crippen LogP contribution >= 0.6 is 0 Å². The first-order valence-electron chi connectivity index (χ1n) is 5.37. The van der Waals surface area contributed by atoms with Gasteiger partial charge in [0.15, 0.2) is 0 Å². The monoisotopic (exact) mass is 187 g/mol. The first kappa shape index (κ1) is 12.9. The second kappa shape index (κ2) is 7.30. The van der Waals surface area contributed by atoms with Gasteiger partial charge >= 0.3 is 0 Å². The summed E-state index contributed by atoms with van der Waals surface area (Å²) in [6.45, 7) is 3.63. The van der Waals surface area contributed by atoms with Crippen LogP contribution in [0.4, 0.5) is 0 Å². The van der Waals surface area contributed by atoms with Crippen molar-refractivity contribution >= 4 is 0 Å². The molecular weight excluding hydrogens is 162 g/mol. The molecule has 0 radical (unpaired) electrons. The third-order valence-corrected chi connectivity index (χ3v) is 2.52. The second-order valence-corrected chi connectivity index (χ2v) is 3.90. The fourth-order valence-electron chi connectivity index (χ4n) is 1.78. The highest BCUT2D eigenvalue weighted by atomic mass is 14.7. The minimum Gasteiger partial charge on any atom is -0.330 e. The smallest absolute Gasteiger partial charge is 0.0166 e. The number of nitrogens with two attached hydrogens (primary N) is 3. The largest absolute Gasteiger partial charge is 0.330 e. The molecule has 0 spiro atoms. The van der Waals surface area contributed by atoms with Crippen molar-refractivity contribution in [3.8, 4) is 0 Å². The molecule has 3 heteroatoms. The zero-order chi connectivity index (χ0) is 10.2. The third-order valence-electron chi connectivity index (χ3n) is 2.52. The molecule has 0 bridgehead atoms. The van der Waals surface area contributed by atoms with Crippen molar-refractivity contribution in [1.82, 2.24) is 0 Å². The Kier molecular flexibility index (Phi) is 7.23. The Labute approximate surface area is 82.0 Å². The number of hydrogen-bond donors (Lipinski definition) is 3. The van der Waals surface area contributed by atoms with Crippen LogP contribution in [0.25, 0.3) is 0 Å². The Morgan fingerprint density at radius 2 is 1.62 bits per heavy atom. The van der Waals surface area contributed by atoms with Crippen molar-refractivity contribution in [3.05, 3.63) is 0 Å². The molecule has 1 unspecified atom stereocenters. The van der Waals surface area contributed by atoms with E-state index in [1.165, 1.54) is 0 Å². The Balaban J connectivity index is 3.76. The van der Waals surface area contributed by atoms with Crippen LogP contribution in [0.5, 0.6) is 0 Å². The summed E-state index contributed by atoms with van der Waals surface area (Å²) in [5.41, 5.74) is 17.2. The van der Waals surface area contributed by atoms with Crippen LogP contribution in [0.15, 0.2) is 0 Å². The van der Waals surface area contributed by atoms with Crippen LogP contribution in [0.3, 0.4) is 0 Å². The lowest BCUT2D eigenvalue weighted by molar-refractivity contribution is 0.330. The Bertz CT molecular complexity index is 109. The zero-order valence-electron chi connectivity index (χ0n) is 8.89. The highest BCUT2D eigenvalue weighted by molar-refractivity contribution is 4.83. The van der Waals surface area contributed by atoms with Crippen LogP contribution in [-0.2, 0) is 0 Å². The molecule has 0 aromatic heterocycles. The molecule has 0 heterocycles. The van der Waals surface area contributed by atoms with Gasteiger partial charge in [0, 0.05) is 5.54 Å². The summed E-state index contributed by atoms with van der Waals surface area (Å²) >= 11 is 0. The SMILES string of the molecule is CCCC(N)(CCN)CCCCN. The molecule has 1 atom stereocenters. The van der Waals surface area contributed by atoms with Gasteiger partial charge in [0.2, 0.25) is 0 Å². The molecule has 0 aliphatic rings. The van der Waals surface area contributed by atoms with E-state index in [2.05, 4.69) is 6.92 Å². The highest BCUT2D eigenvalue weighted by Gasteiger charge is 2.21. The van der Waals surface area contributed by atoms with Crippen LogP contribution in [-0.4, -0.2) is 18.6 Å². The lowest BCUT2D eigenvalue weighted by Crippen LogP contribution is -2.41. The van der Waals surface area contributed by atoms with Gasteiger partial charge in [-0.2, -0.15) is 0 Å². The van der Waals surface area contributed by atoms with Gasteiger partial charge in [0.25, 0.3) is 0 Å². The van der Waals surface area contributed by atoms with Gasteiger partial charge in [-0.1, -0.05) is 19.8 Å².